The van der Waals surface area contributed by atoms with E-state index in [1.807, 2.05) is 0 Å². The number of nitrogens with zero attached hydrogens (tertiary/aromatic N) is 1. The van der Waals surface area contributed by atoms with Gasteiger partial charge >= 0.3 is 0 Å². The Balaban J connectivity index is 2.56. The minimum atomic E-state index is -0.638. The van der Waals surface area contributed by atoms with E-state index in [4.69, 9.17) is 5.73 Å². The molecule has 1 aromatic rings. The summed E-state index contributed by atoms with van der Waals surface area (Å²) in [5, 5.41) is 11.8. The molecule has 1 rings (SSSR count). The number of carbonyl (C=O) groups is 1. The van der Waals surface area contributed by atoms with Gasteiger partial charge in [0.05, 0.1) is 6.10 Å². The lowest BCUT2D eigenvalue weighted by molar-refractivity contribution is 0.0929. The van der Waals surface area contributed by atoms with E-state index < -0.39 is 12.1 Å². The summed E-state index contributed by atoms with van der Waals surface area (Å²) >= 11 is 3.29. The number of aromatic nitrogens is 1. The predicted molar refractivity (Wildman–Crippen MR) is 65.1 cm³/mol. The average Bonchev–Trinajstić information content (AvgIpc) is 2.53. The molecule has 1 amide bonds. The summed E-state index contributed by atoms with van der Waals surface area (Å²) in [5.74, 6) is -0.204. The SMILES string of the molecule is CC(O)C(N)CNC(=O)c1cc(Br)cn1C. The molecule has 0 aliphatic heterocycles. The lowest BCUT2D eigenvalue weighted by atomic mass is 10.2. The minimum Gasteiger partial charge on any atom is -0.392 e. The van der Waals surface area contributed by atoms with Crippen LogP contribution in [0.2, 0.25) is 0 Å². The second-order valence-electron chi connectivity index (χ2n) is 3.77. The molecule has 0 saturated carbocycles. The van der Waals surface area contributed by atoms with Crippen LogP contribution >= 0.6 is 15.9 Å². The Hall–Kier alpha value is -0.850. The number of hydrogen-bond donors (Lipinski definition) is 3. The Morgan fingerprint density at radius 3 is 2.81 bits per heavy atom. The normalized spacial score (nSPS) is 14.6. The number of aliphatic hydroxyl groups is 1. The van der Waals surface area contributed by atoms with Crippen molar-refractivity contribution in [2.75, 3.05) is 6.54 Å². The van der Waals surface area contributed by atoms with Gasteiger partial charge in [0, 0.05) is 30.3 Å². The van der Waals surface area contributed by atoms with Gasteiger partial charge < -0.3 is 20.7 Å². The van der Waals surface area contributed by atoms with E-state index in [0.717, 1.165) is 4.47 Å². The highest BCUT2D eigenvalue weighted by atomic mass is 79.9. The summed E-state index contributed by atoms with van der Waals surface area (Å²) in [5.41, 5.74) is 6.15. The van der Waals surface area contributed by atoms with E-state index in [1.54, 1.807) is 30.8 Å². The minimum absolute atomic E-state index is 0.204. The maximum atomic E-state index is 11.7. The van der Waals surface area contributed by atoms with Gasteiger partial charge in [-0.25, -0.2) is 0 Å². The van der Waals surface area contributed by atoms with E-state index in [9.17, 15) is 9.90 Å². The molecule has 6 heteroatoms. The quantitative estimate of drug-likeness (QED) is 0.742. The van der Waals surface area contributed by atoms with Crippen molar-refractivity contribution in [2.24, 2.45) is 12.8 Å². The predicted octanol–water partition coefficient (Wildman–Crippen LogP) is 0.226. The molecule has 0 aliphatic rings. The van der Waals surface area contributed by atoms with Crippen LogP contribution in [-0.2, 0) is 7.05 Å². The lowest BCUT2D eigenvalue weighted by Crippen LogP contribution is -2.43. The third-order valence-corrected chi connectivity index (χ3v) is 2.76. The maximum Gasteiger partial charge on any atom is 0.267 e. The Morgan fingerprint density at radius 1 is 1.75 bits per heavy atom. The monoisotopic (exact) mass is 289 g/mol. The third-order valence-electron chi connectivity index (χ3n) is 2.32. The zero-order valence-electron chi connectivity index (χ0n) is 9.27. The van der Waals surface area contributed by atoms with Crippen molar-refractivity contribution in [2.45, 2.75) is 19.1 Å². The summed E-state index contributed by atoms with van der Waals surface area (Å²) < 4.78 is 2.56. The van der Waals surface area contributed by atoms with Gasteiger partial charge in [-0.05, 0) is 28.9 Å². The number of nitrogens with two attached hydrogens (primary N) is 1. The second-order valence-corrected chi connectivity index (χ2v) is 4.68. The van der Waals surface area contributed by atoms with Crippen molar-refractivity contribution in [1.29, 1.82) is 0 Å². The molecule has 1 aromatic heterocycles. The molecule has 4 N–H and O–H groups in total. The molecule has 0 aromatic carbocycles. The molecule has 1 heterocycles. The number of aliphatic hydroxyl groups excluding tert-OH is 1. The van der Waals surface area contributed by atoms with Crippen molar-refractivity contribution in [1.82, 2.24) is 9.88 Å². The van der Waals surface area contributed by atoms with Gasteiger partial charge in [0.2, 0.25) is 0 Å². The van der Waals surface area contributed by atoms with Crippen LogP contribution in [-0.4, -0.2) is 34.3 Å². The van der Waals surface area contributed by atoms with E-state index >= 15 is 0 Å². The number of nitrogens with one attached hydrogen (secondary N) is 1. The van der Waals surface area contributed by atoms with Crippen LogP contribution in [0.5, 0.6) is 0 Å². The molecule has 90 valence electrons. The molecular formula is C10H16BrN3O2. The van der Waals surface area contributed by atoms with Crippen LogP contribution in [0.4, 0.5) is 0 Å². The summed E-state index contributed by atoms with van der Waals surface area (Å²) in [6.07, 6.45) is 1.16. The first kappa shape index (κ1) is 13.2. The molecule has 0 fully saturated rings. The number of hydrogen-bond acceptors (Lipinski definition) is 3. The summed E-state index contributed by atoms with van der Waals surface area (Å²) in [4.78, 5) is 11.7. The van der Waals surface area contributed by atoms with Gasteiger partial charge in [-0.3, -0.25) is 4.79 Å². The van der Waals surface area contributed by atoms with Crippen LogP contribution < -0.4 is 11.1 Å². The van der Waals surface area contributed by atoms with Crippen molar-refractivity contribution >= 4 is 21.8 Å². The van der Waals surface area contributed by atoms with Gasteiger partial charge in [-0.15, -0.1) is 0 Å². The molecule has 2 unspecified atom stereocenters. The number of halogens is 1. The van der Waals surface area contributed by atoms with Crippen molar-refractivity contribution in [3.05, 3.63) is 22.4 Å². The van der Waals surface area contributed by atoms with E-state index in [-0.39, 0.29) is 12.5 Å². The van der Waals surface area contributed by atoms with Crippen LogP contribution in [0.3, 0.4) is 0 Å². The molecule has 0 saturated heterocycles. The van der Waals surface area contributed by atoms with Crippen LogP contribution in [0.1, 0.15) is 17.4 Å². The summed E-state index contributed by atoms with van der Waals surface area (Å²) in [6.45, 7) is 1.84. The average molecular weight is 290 g/mol. The van der Waals surface area contributed by atoms with E-state index in [2.05, 4.69) is 21.2 Å². The molecular weight excluding hydrogens is 274 g/mol. The fourth-order valence-electron chi connectivity index (χ4n) is 1.22. The Bertz CT molecular complexity index is 376. The largest absolute Gasteiger partial charge is 0.392 e. The topological polar surface area (TPSA) is 80.3 Å². The molecule has 0 bridgehead atoms. The fraction of sp³-hybridized carbons (Fsp3) is 0.500. The van der Waals surface area contributed by atoms with E-state index in [1.165, 1.54) is 0 Å². The highest BCUT2D eigenvalue weighted by molar-refractivity contribution is 9.10. The number of amides is 1. The molecule has 5 nitrogen and oxygen atoms in total. The summed E-state index contributed by atoms with van der Waals surface area (Å²) in [7, 11) is 1.79. The Morgan fingerprint density at radius 2 is 2.38 bits per heavy atom. The first-order valence-corrected chi connectivity index (χ1v) is 5.75. The number of aryl methyl sites for hydroxylation is 1. The number of carbonyl (C=O) groups excluding carboxylic acids is 1. The first-order chi connectivity index (χ1) is 7.41. The Labute approximate surface area is 103 Å². The fourth-order valence-corrected chi connectivity index (χ4v) is 1.75. The Kier molecular flexibility index (Phi) is 4.52. The van der Waals surface area contributed by atoms with Crippen LogP contribution in [0.15, 0.2) is 16.7 Å². The summed E-state index contributed by atoms with van der Waals surface area (Å²) in [6, 6.07) is 1.27. The molecule has 0 radical (unpaired) electrons. The van der Waals surface area contributed by atoms with Crippen LogP contribution in [0.25, 0.3) is 0 Å². The van der Waals surface area contributed by atoms with Gasteiger partial charge in [0.25, 0.3) is 5.91 Å². The molecule has 2 atom stereocenters. The molecule has 0 spiro atoms. The second kappa shape index (κ2) is 5.47. The lowest BCUT2D eigenvalue weighted by Gasteiger charge is -2.15. The van der Waals surface area contributed by atoms with Gasteiger partial charge in [0.1, 0.15) is 5.69 Å². The zero-order chi connectivity index (χ0) is 12.3. The zero-order valence-corrected chi connectivity index (χ0v) is 10.9. The third kappa shape index (κ3) is 3.33. The molecule has 16 heavy (non-hydrogen) atoms. The van der Waals surface area contributed by atoms with Gasteiger partial charge in [-0.2, -0.15) is 0 Å². The number of rotatable bonds is 4. The maximum absolute atomic E-state index is 11.7. The first-order valence-electron chi connectivity index (χ1n) is 4.95. The smallest absolute Gasteiger partial charge is 0.267 e. The highest BCUT2D eigenvalue weighted by Crippen LogP contribution is 2.13. The van der Waals surface area contributed by atoms with Crippen molar-refractivity contribution in [3.63, 3.8) is 0 Å². The van der Waals surface area contributed by atoms with Crippen LogP contribution in [0, 0.1) is 0 Å². The molecule has 0 aliphatic carbocycles. The van der Waals surface area contributed by atoms with Crippen molar-refractivity contribution in [3.8, 4) is 0 Å². The van der Waals surface area contributed by atoms with Gasteiger partial charge in [0.15, 0.2) is 0 Å². The highest BCUT2D eigenvalue weighted by Gasteiger charge is 2.14. The van der Waals surface area contributed by atoms with Crippen molar-refractivity contribution < 1.29 is 9.90 Å². The van der Waals surface area contributed by atoms with Gasteiger partial charge in [-0.1, -0.05) is 0 Å². The standard InChI is InChI=1S/C10H16BrN3O2/c1-6(15)8(12)4-13-10(16)9-3-7(11)5-14(9)2/h3,5-6,8,15H,4,12H2,1-2H3,(H,13,16). The van der Waals surface area contributed by atoms with E-state index in [0.29, 0.717) is 5.69 Å².